The summed E-state index contributed by atoms with van der Waals surface area (Å²) >= 11 is 0. The molecule has 11 heteroatoms. The first-order chi connectivity index (χ1) is 18.7. The third-order valence-electron chi connectivity index (χ3n) is 7.23. The number of amides is 1. The average Bonchev–Trinajstić information content (AvgIpc) is 3.39. The Bertz CT molecular complexity index is 1300. The number of aliphatic hydroxyl groups is 1. The topological polar surface area (TPSA) is 138 Å². The molecule has 2 fully saturated rings. The van der Waals surface area contributed by atoms with Gasteiger partial charge in [0.15, 0.2) is 0 Å². The van der Waals surface area contributed by atoms with Gasteiger partial charge in [-0.3, -0.25) is 14.5 Å². The summed E-state index contributed by atoms with van der Waals surface area (Å²) in [6, 6.07) is 5.49. The summed E-state index contributed by atoms with van der Waals surface area (Å²) in [5.74, 6) is -3.06. The molecule has 2 aromatic rings. The maximum Gasteiger partial charge on any atom is 0.354 e. The number of nitrogens with one attached hydrogen (secondary N) is 1. The number of aromatic nitrogens is 1. The van der Waals surface area contributed by atoms with E-state index in [4.69, 9.17) is 14.2 Å². The minimum absolute atomic E-state index is 0.0844. The second kappa shape index (κ2) is 11.8. The number of ether oxygens (including phenoxy) is 3. The van der Waals surface area contributed by atoms with Gasteiger partial charge in [0.2, 0.25) is 0 Å². The number of benzene rings is 1. The summed E-state index contributed by atoms with van der Waals surface area (Å²) in [5.41, 5.74) is 2.03. The Hall–Kier alpha value is -3.96. The van der Waals surface area contributed by atoms with Gasteiger partial charge in [-0.1, -0.05) is 12.1 Å². The highest BCUT2D eigenvalue weighted by molar-refractivity contribution is 6.46. The molecule has 39 heavy (non-hydrogen) atoms. The third kappa shape index (κ3) is 5.45. The maximum atomic E-state index is 13.4. The number of aryl methyl sites for hydroxylation is 1. The lowest BCUT2D eigenvalue weighted by Crippen LogP contribution is -2.39. The van der Waals surface area contributed by atoms with Crippen molar-refractivity contribution in [3.63, 3.8) is 0 Å². The zero-order valence-electron chi connectivity index (χ0n) is 22.5. The first kappa shape index (κ1) is 28.1. The Morgan fingerprint density at radius 2 is 1.67 bits per heavy atom. The molecule has 0 aliphatic carbocycles. The number of nitrogens with zero attached hydrogens (tertiary/aromatic N) is 2. The number of aliphatic hydroxyl groups excluding tert-OH is 1. The Morgan fingerprint density at radius 1 is 1.03 bits per heavy atom. The van der Waals surface area contributed by atoms with E-state index in [9.17, 15) is 24.3 Å². The molecule has 0 saturated carbocycles. The van der Waals surface area contributed by atoms with Crippen LogP contribution >= 0.6 is 0 Å². The molecule has 2 aliphatic heterocycles. The first-order valence-corrected chi connectivity index (χ1v) is 12.7. The van der Waals surface area contributed by atoms with E-state index in [1.807, 2.05) is 0 Å². The number of likely N-dealkylation sites (tertiary alicyclic amines) is 1. The van der Waals surface area contributed by atoms with Crippen LogP contribution in [0.3, 0.4) is 0 Å². The second-order valence-electron chi connectivity index (χ2n) is 9.53. The van der Waals surface area contributed by atoms with E-state index in [0.29, 0.717) is 42.0 Å². The Kier molecular flexibility index (Phi) is 8.51. The fraction of sp³-hybridized carbons (Fsp3) is 0.429. The third-order valence-corrected chi connectivity index (χ3v) is 7.23. The minimum Gasteiger partial charge on any atom is -0.507 e. The highest BCUT2D eigenvalue weighted by atomic mass is 16.5. The van der Waals surface area contributed by atoms with Crippen molar-refractivity contribution >= 4 is 29.4 Å². The van der Waals surface area contributed by atoms with Crippen molar-refractivity contribution in [2.45, 2.75) is 26.3 Å². The monoisotopic (exact) mass is 539 g/mol. The van der Waals surface area contributed by atoms with Crippen LogP contribution in [0.25, 0.3) is 5.76 Å². The highest BCUT2D eigenvalue weighted by Gasteiger charge is 2.46. The summed E-state index contributed by atoms with van der Waals surface area (Å²) in [5, 5.41) is 11.5. The summed E-state index contributed by atoms with van der Waals surface area (Å²) in [6.07, 6.45) is 0.610. The number of methoxy groups -OCH3 is 2. The van der Waals surface area contributed by atoms with Crippen molar-refractivity contribution in [1.82, 2.24) is 14.8 Å². The predicted molar refractivity (Wildman–Crippen MR) is 140 cm³/mol. The van der Waals surface area contributed by atoms with Gasteiger partial charge in [-0.15, -0.1) is 0 Å². The van der Waals surface area contributed by atoms with Crippen LogP contribution in [-0.4, -0.2) is 97.1 Å². The van der Waals surface area contributed by atoms with Crippen LogP contribution < -0.4 is 0 Å². The standard InChI is InChI=1S/C28H33N3O8/c1-16-20(17(2)29-22(16)28(36)38-4)24(32)21-23(18-6-8-19(9-7-18)27(35)37-3)31(26(34)25(21)33)11-5-10-30-12-14-39-15-13-30/h6-9,23,29,32H,5,10-15H2,1-4H3/b24-21+. The molecule has 2 N–H and O–H groups in total. The highest BCUT2D eigenvalue weighted by Crippen LogP contribution is 2.41. The number of hydrogen-bond donors (Lipinski definition) is 2. The number of carbonyl (C=O) groups is 4. The van der Waals surface area contributed by atoms with Gasteiger partial charge >= 0.3 is 11.9 Å². The van der Waals surface area contributed by atoms with E-state index in [1.165, 1.54) is 19.1 Å². The lowest BCUT2D eigenvalue weighted by molar-refractivity contribution is -0.140. The van der Waals surface area contributed by atoms with E-state index < -0.39 is 29.7 Å². The molecule has 4 rings (SSSR count). The summed E-state index contributed by atoms with van der Waals surface area (Å²) in [6.45, 7) is 7.19. The van der Waals surface area contributed by atoms with Gasteiger partial charge in [0.1, 0.15) is 11.5 Å². The number of esters is 2. The van der Waals surface area contributed by atoms with Crippen molar-refractivity contribution < 1.29 is 38.5 Å². The SMILES string of the molecule is COC(=O)c1ccc(C2/C(=C(\O)c3c(C)[nH]c(C(=O)OC)c3C)C(=O)C(=O)N2CCCN2CCOCC2)cc1. The van der Waals surface area contributed by atoms with Gasteiger partial charge < -0.3 is 29.2 Å². The predicted octanol–water partition coefficient (Wildman–Crippen LogP) is 2.35. The number of aromatic amines is 1. The van der Waals surface area contributed by atoms with Crippen LogP contribution in [0.4, 0.5) is 0 Å². The summed E-state index contributed by atoms with van der Waals surface area (Å²) < 4.78 is 15.0. The zero-order chi connectivity index (χ0) is 28.3. The van der Waals surface area contributed by atoms with E-state index in [0.717, 1.165) is 19.6 Å². The maximum absolute atomic E-state index is 13.4. The normalized spacial score (nSPS) is 19.4. The number of morpholine rings is 1. The molecule has 0 spiro atoms. The molecule has 1 aromatic carbocycles. The van der Waals surface area contributed by atoms with E-state index in [1.54, 1.807) is 38.1 Å². The molecule has 1 amide bonds. The number of H-pyrrole nitrogens is 1. The van der Waals surface area contributed by atoms with Crippen LogP contribution in [0.15, 0.2) is 29.8 Å². The number of hydrogen-bond acceptors (Lipinski definition) is 9. The number of rotatable bonds is 8. The van der Waals surface area contributed by atoms with Crippen molar-refractivity contribution in [2.24, 2.45) is 0 Å². The van der Waals surface area contributed by atoms with E-state index >= 15 is 0 Å². The lowest BCUT2D eigenvalue weighted by atomic mass is 9.93. The average molecular weight is 540 g/mol. The van der Waals surface area contributed by atoms with Gasteiger partial charge in [0.05, 0.1) is 44.6 Å². The molecule has 208 valence electrons. The van der Waals surface area contributed by atoms with Gasteiger partial charge in [-0.2, -0.15) is 0 Å². The summed E-state index contributed by atoms with van der Waals surface area (Å²) in [4.78, 5) is 57.5. The molecule has 1 atom stereocenters. The quantitative estimate of drug-likeness (QED) is 0.224. The smallest absolute Gasteiger partial charge is 0.354 e. The van der Waals surface area contributed by atoms with Gasteiger partial charge in [-0.25, -0.2) is 9.59 Å². The molecular formula is C28H33N3O8. The van der Waals surface area contributed by atoms with Crippen molar-refractivity contribution in [3.05, 3.63) is 63.5 Å². The molecule has 0 bridgehead atoms. The van der Waals surface area contributed by atoms with Crippen molar-refractivity contribution in [1.29, 1.82) is 0 Å². The van der Waals surface area contributed by atoms with E-state index in [-0.39, 0.29) is 29.1 Å². The molecule has 11 nitrogen and oxygen atoms in total. The molecule has 1 unspecified atom stereocenters. The fourth-order valence-electron chi connectivity index (χ4n) is 5.21. The molecular weight excluding hydrogens is 506 g/mol. The molecule has 1 aromatic heterocycles. The Labute approximate surface area is 226 Å². The molecule has 3 heterocycles. The van der Waals surface area contributed by atoms with Gasteiger partial charge in [0.25, 0.3) is 11.7 Å². The molecule has 2 saturated heterocycles. The minimum atomic E-state index is -0.892. The summed E-state index contributed by atoms with van der Waals surface area (Å²) in [7, 11) is 2.53. The van der Waals surface area contributed by atoms with Crippen molar-refractivity contribution in [2.75, 3.05) is 53.6 Å². The lowest BCUT2D eigenvalue weighted by Gasteiger charge is -2.29. The van der Waals surface area contributed by atoms with E-state index in [2.05, 4.69) is 9.88 Å². The molecule has 2 aliphatic rings. The number of carbonyl (C=O) groups excluding carboxylic acids is 4. The van der Waals surface area contributed by atoms with Gasteiger partial charge in [-0.05, 0) is 43.5 Å². The second-order valence-corrected chi connectivity index (χ2v) is 9.53. The van der Waals surface area contributed by atoms with Crippen LogP contribution in [0, 0.1) is 13.8 Å². The Balaban J connectivity index is 1.76. The van der Waals surface area contributed by atoms with Crippen LogP contribution in [0.2, 0.25) is 0 Å². The fourth-order valence-corrected chi connectivity index (χ4v) is 5.21. The van der Waals surface area contributed by atoms with Gasteiger partial charge in [0, 0.05) is 37.4 Å². The van der Waals surface area contributed by atoms with Crippen molar-refractivity contribution in [3.8, 4) is 0 Å². The van der Waals surface area contributed by atoms with Crippen LogP contribution in [0.5, 0.6) is 0 Å². The zero-order valence-corrected chi connectivity index (χ0v) is 22.5. The molecule has 0 radical (unpaired) electrons. The number of ketones is 1. The first-order valence-electron chi connectivity index (χ1n) is 12.7. The van der Waals surface area contributed by atoms with Crippen LogP contribution in [-0.2, 0) is 23.8 Å². The Morgan fingerprint density at radius 3 is 2.28 bits per heavy atom. The van der Waals surface area contributed by atoms with Crippen LogP contribution in [0.1, 0.15) is 55.7 Å². The largest absolute Gasteiger partial charge is 0.507 e. The number of Topliss-reactive ketones (excluding diaryl/α,β-unsaturated/α-hetero) is 1.